The molecule has 108 valence electrons. The van der Waals surface area contributed by atoms with E-state index in [1.165, 1.54) is 18.2 Å². The average Bonchev–Trinajstić information content (AvgIpc) is 2.79. The average molecular weight is 279 g/mol. The van der Waals surface area contributed by atoms with Crippen molar-refractivity contribution in [3.8, 4) is 11.5 Å². The lowest BCUT2D eigenvalue weighted by Gasteiger charge is -2.28. The lowest BCUT2D eigenvalue weighted by Crippen LogP contribution is -2.47. The van der Waals surface area contributed by atoms with Gasteiger partial charge >= 0.3 is 5.97 Å². The number of carboxylic acids is 1. The van der Waals surface area contributed by atoms with Crippen molar-refractivity contribution in [2.45, 2.75) is 37.6 Å². The molecule has 0 aromatic heterocycles. The van der Waals surface area contributed by atoms with Gasteiger partial charge in [0.1, 0.15) is 0 Å². The zero-order chi connectivity index (χ0) is 14.8. The Kier molecular flexibility index (Phi) is 3.83. The summed E-state index contributed by atoms with van der Waals surface area (Å²) in [6.07, 6.45) is 2.78. The SMILES string of the molecule is O=C(O)CC1(NC(=O)c2cccc(O)c2O)CCCC1. The third-order valence-electron chi connectivity index (χ3n) is 3.69. The van der Waals surface area contributed by atoms with E-state index < -0.39 is 23.2 Å². The van der Waals surface area contributed by atoms with Gasteiger partial charge in [0.05, 0.1) is 17.5 Å². The Labute approximate surface area is 116 Å². The molecule has 1 aromatic rings. The molecule has 0 bridgehead atoms. The molecule has 1 amide bonds. The molecule has 0 aliphatic heterocycles. The molecule has 0 radical (unpaired) electrons. The number of phenols is 2. The number of benzene rings is 1. The predicted octanol–water partition coefficient (Wildman–Crippen LogP) is 1.62. The van der Waals surface area contributed by atoms with Crippen LogP contribution >= 0.6 is 0 Å². The van der Waals surface area contributed by atoms with Crippen LogP contribution in [0.25, 0.3) is 0 Å². The summed E-state index contributed by atoms with van der Waals surface area (Å²) in [6.45, 7) is 0. The van der Waals surface area contributed by atoms with E-state index >= 15 is 0 Å². The monoisotopic (exact) mass is 279 g/mol. The summed E-state index contributed by atoms with van der Waals surface area (Å²) in [7, 11) is 0. The first kappa shape index (κ1) is 14.2. The van der Waals surface area contributed by atoms with Gasteiger partial charge in [-0.3, -0.25) is 9.59 Å². The molecule has 6 nitrogen and oxygen atoms in total. The van der Waals surface area contributed by atoms with E-state index in [1.807, 2.05) is 0 Å². The quantitative estimate of drug-likeness (QED) is 0.626. The molecule has 0 atom stereocenters. The molecule has 1 aliphatic rings. The first-order valence-corrected chi connectivity index (χ1v) is 6.49. The molecule has 0 saturated heterocycles. The number of para-hydroxylation sites is 1. The molecule has 4 N–H and O–H groups in total. The second-order valence-corrected chi connectivity index (χ2v) is 5.19. The lowest BCUT2D eigenvalue weighted by molar-refractivity contribution is -0.138. The number of phenolic OH excluding ortho intramolecular Hbond substituents is 2. The molecule has 1 aromatic carbocycles. The Hall–Kier alpha value is -2.24. The van der Waals surface area contributed by atoms with Gasteiger partial charge in [0.15, 0.2) is 11.5 Å². The summed E-state index contributed by atoms with van der Waals surface area (Å²) in [4.78, 5) is 23.1. The minimum absolute atomic E-state index is 0.0540. The predicted molar refractivity (Wildman–Crippen MR) is 70.7 cm³/mol. The van der Waals surface area contributed by atoms with E-state index in [0.29, 0.717) is 12.8 Å². The highest BCUT2D eigenvalue weighted by Crippen LogP contribution is 2.34. The number of hydrogen-bond acceptors (Lipinski definition) is 4. The van der Waals surface area contributed by atoms with Crippen LogP contribution in [0.4, 0.5) is 0 Å². The van der Waals surface area contributed by atoms with Crippen molar-refractivity contribution in [1.82, 2.24) is 5.32 Å². The second-order valence-electron chi connectivity index (χ2n) is 5.19. The van der Waals surface area contributed by atoms with Crippen LogP contribution in [-0.2, 0) is 4.79 Å². The normalized spacial score (nSPS) is 16.8. The van der Waals surface area contributed by atoms with Gasteiger partial charge in [-0.25, -0.2) is 0 Å². The van der Waals surface area contributed by atoms with Gasteiger partial charge in [0, 0.05) is 0 Å². The largest absolute Gasteiger partial charge is 0.504 e. The maximum Gasteiger partial charge on any atom is 0.305 e. The van der Waals surface area contributed by atoms with Crippen molar-refractivity contribution in [3.05, 3.63) is 23.8 Å². The van der Waals surface area contributed by atoms with E-state index in [-0.39, 0.29) is 17.7 Å². The van der Waals surface area contributed by atoms with Gasteiger partial charge in [-0.15, -0.1) is 0 Å². The minimum Gasteiger partial charge on any atom is -0.504 e. The van der Waals surface area contributed by atoms with Crippen LogP contribution in [0.3, 0.4) is 0 Å². The van der Waals surface area contributed by atoms with Crippen LogP contribution in [0.5, 0.6) is 11.5 Å². The number of carboxylic acid groups (broad SMARTS) is 1. The van der Waals surface area contributed by atoms with Crippen LogP contribution in [0.1, 0.15) is 42.5 Å². The van der Waals surface area contributed by atoms with Crippen LogP contribution < -0.4 is 5.32 Å². The third-order valence-corrected chi connectivity index (χ3v) is 3.69. The molecule has 1 saturated carbocycles. The molecule has 0 unspecified atom stereocenters. The Morgan fingerprint density at radius 3 is 2.45 bits per heavy atom. The topological polar surface area (TPSA) is 107 Å². The van der Waals surface area contributed by atoms with E-state index in [0.717, 1.165) is 12.8 Å². The Morgan fingerprint density at radius 1 is 1.20 bits per heavy atom. The highest BCUT2D eigenvalue weighted by atomic mass is 16.4. The first-order valence-electron chi connectivity index (χ1n) is 6.49. The summed E-state index contributed by atoms with van der Waals surface area (Å²) in [6, 6.07) is 4.10. The lowest BCUT2D eigenvalue weighted by atomic mass is 9.92. The molecule has 0 heterocycles. The Bertz CT molecular complexity index is 534. The van der Waals surface area contributed by atoms with Gasteiger partial charge in [0.25, 0.3) is 5.91 Å². The van der Waals surface area contributed by atoms with Gasteiger partial charge in [-0.2, -0.15) is 0 Å². The van der Waals surface area contributed by atoms with Crippen molar-refractivity contribution in [2.75, 3.05) is 0 Å². The fourth-order valence-electron chi connectivity index (χ4n) is 2.71. The highest BCUT2D eigenvalue weighted by molar-refractivity contribution is 5.98. The number of carbonyl (C=O) groups is 2. The van der Waals surface area contributed by atoms with Crippen LogP contribution in [0.15, 0.2) is 18.2 Å². The fraction of sp³-hybridized carbons (Fsp3) is 0.429. The summed E-state index contributed by atoms with van der Waals surface area (Å²) in [5.74, 6) is -2.40. The van der Waals surface area contributed by atoms with E-state index in [1.54, 1.807) is 0 Å². The van der Waals surface area contributed by atoms with Crippen molar-refractivity contribution in [1.29, 1.82) is 0 Å². The molecular formula is C14H17NO5. The smallest absolute Gasteiger partial charge is 0.305 e. The molecule has 2 rings (SSSR count). The highest BCUT2D eigenvalue weighted by Gasteiger charge is 2.38. The third kappa shape index (κ3) is 2.84. The van der Waals surface area contributed by atoms with E-state index in [4.69, 9.17) is 5.11 Å². The van der Waals surface area contributed by atoms with Crippen LogP contribution in [-0.4, -0.2) is 32.7 Å². The van der Waals surface area contributed by atoms with E-state index in [9.17, 15) is 19.8 Å². The summed E-state index contributed by atoms with van der Waals surface area (Å²) in [5, 5.41) is 30.8. The van der Waals surface area contributed by atoms with Gasteiger partial charge < -0.3 is 20.6 Å². The van der Waals surface area contributed by atoms with Crippen molar-refractivity contribution in [3.63, 3.8) is 0 Å². The molecule has 6 heteroatoms. The fourth-order valence-corrected chi connectivity index (χ4v) is 2.71. The second kappa shape index (κ2) is 5.40. The van der Waals surface area contributed by atoms with Gasteiger partial charge in [-0.05, 0) is 25.0 Å². The van der Waals surface area contributed by atoms with Gasteiger partial charge in [-0.1, -0.05) is 18.9 Å². The van der Waals surface area contributed by atoms with Gasteiger partial charge in [0.2, 0.25) is 0 Å². The Morgan fingerprint density at radius 2 is 1.85 bits per heavy atom. The standard InChI is InChI=1S/C14H17NO5/c16-10-5-3-4-9(12(10)19)13(20)15-14(8-11(17)18)6-1-2-7-14/h3-5,16,19H,1-2,6-8H2,(H,15,20)(H,17,18). The number of aromatic hydroxyl groups is 2. The van der Waals surface area contributed by atoms with E-state index in [2.05, 4.69) is 5.32 Å². The minimum atomic E-state index is -0.965. The molecule has 20 heavy (non-hydrogen) atoms. The Balaban J connectivity index is 2.20. The van der Waals surface area contributed by atoms with Crippen molar-refractivity contribution < 1.29 is 24.9 Å². The number of aliphatic carboxylic acids is 1. The number of nitrogens with one attached hydrogen (secondary N) is 1. The van der Waals surface area contributed by atoms with Crippen LogP contribution in [0.2, 0.25) is 0 Å². The zero-order valence-corrected chi connectivity index (χ0v) is 10.9. The summed E-state index contributed by atoms with van der Waals surface area (Å²) < 4.78 is 0. The summed E-state index contributed by atoms with van der Waals surface area (Å²) in [5.41, 5.74) is -0.817. The molecule has 0 spiro atoms. The van der Waals surface area contributed by atoms with Crippen molar-refractivity contribution in [2.24, 2.45) is 0 Å². The molecule has 1 aliphatic carbocycles. The zero-order valence-electron chi connectivity index (χ0n) is 10.9. The first-order chi connectivity index (χ1) is 9.43. The number of rotatable bonds is 4. The maximum absolute atomic E-state index is 12.2. The molecule has 1 fully saturated rings. The van der Waals surface area contributed by atoms with Crippen molar-refractivity contribution >= 4 is 11.9 Å². The van der Waals surface area contributed by atoms with Crippen LogP contribution in [0, 0.1) is 0 Å². The molecular weight excluding hydrogens is 262 g/mol. The number of carbonyl (C=O) groups excluding carboxylic acids is 1. The maximum atomic E-state index is 12.2. The summed E-state index contributed by atoms with van der Waals surface area (Å²) >= 11 is 0. The number of amides is 1. The number of hydrogen-bond donors (Lipinski definition) is 4.